The van der Waals surface area contributed by atoms with Crippen molar-refractivity contribution in [2.75, 3.05) is 18.9 Å². The van der Waals surface area contributed by atoms with Crippen LogP contribution in [0.3, 0.4) is 0 Å². The molecule has 0 saturated carbocycles. The van der Waals surface area contributed by atoms with Crippen molar-refractivity contribution in [2.24, 2.45) is 0 Å². The second kappa shape index (κ2) is 10.5. The van der Waals surface area contributed by atoms with Crippen molar-refractivity contribution in [3.05, 3.63) is 71.2 Å². The van der Waals surface area contributed by atoms with Crippen LogP contribution < -0.4 is 14.2 Å². The van der Waals surface area contributed by atoms with E-state index in [9.17, 15) is 17.9 Å². The van der Waals surface area contributed by atoms with Gasteiger partial charge in [0.05, 0.1) is 25.9 Å². The van der Waals surface area contributed by atoms with Gasteiger partial charge in [0.15, 0.2) is 5.76 Å². The van der Waals surface area contributed by atoms with E-state index < -0.39 is 27.2 Å². The number of ether oxygens (including phenoxy) is 2. The standard InChI is InChI=1S/C25H24FN5O6S/c1-14-8-11-21(37-14)24-28-29-25(31(24)22-19(35-3)6-5-7-20(22)36-4)30-38(33,34)15(2)23(32)17-10-9-16(13-27)12-18(17)26/h5-12,15,23,32H,1-4H3,(H,29,30)/t15-,23+/m1/s1. The molecular weight excluding hydrogens is 517 g/mol. The number of halogens is 1. The largest absolute Gasteiger partial charge is 0.494 e. The van der Waals surface area contributed by atoms with Gasteiger partial charge in [-0.3, -0.25) is 9.29 Å². The molecule has 0 aliphatic carbocycles. The average Bonchev–Trinajstić information content (AvgIpc) is 3.52. The Hall–Kier alpha value is -4.41. The fourth-order valence-corrected chi connectivity index (χ4v) is 4.87. The van der Waals surface area contributed by atoms with Gasteiger partial charge in [0.25, 0.3) is 0 Å². The number of furan rings is 1. The number of hydrogen-bond acceptors (Lipinski definition) is 9. The number of nitrogens with one attached hydrogen (secondary N) is 1. The lowest BCUT2D eigenvalue weighted by molar-refractivity contribution is 0.171. The minimum absolute atomic E-state index is 0.0339. The van der Waals surface area contributed by atoms with E-state index in [4.69, 9.17) is 19.2 Å². The van der Waals surface area contributed by atoms with Gasteiger partial charge in [-0.2, -0.15) is 5.26 Å². The molecule has 0 amide bonds. The topological polar surface area (TPSA) is 152 Å². The van der Waals surface area contributed by atoms with Crippen LogP contribution in [0.15, 0.2) is 52.9 Å². The van der Waals surface area contributed by atoms with Crippen LogP contribution in [0, 0.1) is 24.1 Å². The van der Waals surface area contributed by atoms with E-state index in [-0.39, 0.29) is 28.6 Å². The monoisotopic (exact) mass is 541 g/mol. The first-order valence-corrected chi connectivity index (χ1v) is 12.8. The molecule has 0 aliphatic rings. The number of aryl methyl sites for hydroxylation is 1. The second-order valence-electron chi connectivity index (χ2n) is 8.25. The molecule has 11 nitrogen and oxygen atoms in total. The Kier molecular flexibility index (Phi) is 7.38. The fourth-order valence-electron chi connectivity index (χ4n) is 3.81. The zero-order valence-electron chi connectivity index (χ0n) is 20.8. The van der Waals surface area contributed by atoms with Crippen LogP contribution in [-0.4, -0.2) is 47.8 Å². The van der Waals surface area contributed by atoms with Crippen molar-refractivity contribution in [3.63, 3.8) is 0 Å². The number of aliphatic hydroxyl groups is 1. The Morgan fingerprint density at radius 3 is 2.37 bits per heavy atom. The van der Waals surface area contributed by atoms with E-state index in [1.165, 1.54) is 37.8 Å². The second-order valence-corrected chi connectivity index (χ2v) is 10.3. The molecular formula is C25H24FN5O6S. The first-order chi connectivity index (χ1) is 18.1. The van der Waals surface area contributed by atoms with Crippen LogP contribution in [0.2, 0.25) is 0 Å². The zero-order valence-corrected chi connectivity index (χ0v) is 21.7. The van der Waals surface area contributed by atoms with Gasteiger partial charge in [-0.05, 0) is 50.2 Å². The molecule has 0 spiro atoms. The number of rotatable bonds is 9. The predicted molar refractivity (Wildman–Crippen MR) is 135 cm³/mol. The maximum absolute atomic E-state index is 14.5. The normalized spacial score (nSPS) is 13.0. The Balaban J connectivity index is 1.81. The van der Waals surface area contributed by atoms with Crippen molar-refractivity contribution >= 4 is 16.0 Å². The molecule has 0 fully saturated rings. The number of anilines is 1. The number of nitrogens with zero attached hydrogens (tertiary/aromatic N) is 4. The summed E-state index contributed by atoms with van der Waals surface area (Å²) >= 11 is 0. The third-order valence-electron chi connectivity index (χ3n) is 5.87. The van der Waals surface area contributed by atoms with Crippen LogP contribution in [0.25, 0.3) is 17.3 Å². The number of benzene rings is 2. The summed E-state index contributed by atoms with van der Waals surface area (Å²) in [5, 5.41) is 26.3. The first kappa shape index (κ1) is 26.6. The summed E-state index contributed by atoms with van der Waals surface area (Å²) in [5.74, 6) is 0.506. The summed E-state index contributed by atoms with van der Waals surface area (Å²) in [6.45, 7) is 2.95. The lowest BCUT2D eigenvalue weighted by Crippen LogP contribution is -2.32. The van der Waals surface area contributed by atoms with Crippen LogP contribution in [0.5, 0.6) is 11.5 Å². The molecule has 4 aromatic rings. The molecule has 2 atom stereocenters. The van der Waals surface area contributed by atoms with Gasteiger partial charge in [0.1, 0.15) is 40.1 Å². The molecule has 0 bridgehead atoms. The number of sulfonamides is 1. The number of hydrogen-bond donors (Lipinski definition) is 2. The Labute approximate surface area is 218 Å². The predicted octanol–water partition coefficient (Wildman–Crippen LogP) is 3.73. The van der Waals surface area contributed by atoms with Crippen molar-refractivity contribution in [1.82, 2.24) is 14.8 Å². The molecule has 13 heteroatoms. The molecule has 2 aromatic carbocycles. The maximum atomic E-state index is 14.5. The minimum Gasteiger partial charge on any atom is -0.494 e. The van der Waals surface area contributed by atoms with E-state index in [2.05, 4.69) is 14.9 Å². The van der Waals surface area contributed by atoms with Crippen LogP contribution in [0.4, 0.5) is 10.3 Å². The average molecular weight is 542 g/mol. The van der Waals surface area contributed by atoms with Crippen molar-refractivity contribution in [2.45, 2.75) is 25.2 Å². The highest BCUT2D eigenvalue weighted by atomic mass is 32.2. The first-order valence-electron chi connectivity index (χ1n) is 11.2. The molecule has 0 unspecified atom stereocenters. The van der Waals surface area contributed by atoms with Gasteiger partial charge in [-0.15, -0.1) is 10.2 Å². The zero-order chi connectivity index (χ0) is 27.6. The van der Waals surface area contributed by atoms with Crippen molar-refractivity contribution in [3.8, 4) is 34.8 Å². The number of para-hydroxylation sites is 1. The molecule has 38 heavy (non-hydrogen) atoms. The minimum atomic E-state index is -4.39. The molecule has 0 aliphatic heterocycles. The Morgan fingerprint density at radius 1 is 1.13 bits per heavy atom. The number of aromatic nitrogens is 3. The number of aliphatic hydroxyl groups excluding tert-OH is 1. The Bertz CT molecular complexity index is 1600. The van der Waals surface area contributed by atoms with Gasteiger partial charge < -0.3 is 19.0 Å². The van der Waals surface area contributed by atoms with E-state index in [0.717, 1.165) is 6.07 Å². The summed E-state index contributed by atoms with van der Waals surface area (Å²) in [7, 11) is -1.52. The summed E-state index contributed by atoms with van der Waals surface area (Å²) in [6.07, 6.45) is -1.76. The van der Waals surface area contributed by atoms with Crippen molar-refractivity contribution in [1.29, 1.82) is 5.26 Å². The summed E-state index contributed by atoms with van der Waals surface area (Å²) in [4.78, 5) is 0. The van der Waals surface area contributed by atoms with E-state index in [1.54, 1.807) is 43.3 Å². The highest BCUT2D eigenvalue weighted by Crippen LogP contribution is 2.38. The summed E-state index contributed by atoms with van der Waals surface area (Å²) < 4.78 is 61.7. The molecule has 2 aromatic heterocycles. The third-order valence-corrected chi connectivity index (χ3v) is 7.57. The molecule has 0 saturated heterocycles. The number of methoxy groups -OCH3 is 2. The SMILES string of the molecule is COc1cccc(OC)c1-n1c(NS(=O)(=O)[C@H](C)[C@H](O)c2ccc(C#N)cc2F)nnc1-c1ccc(C)o1. The highest BCUT2D eigenvalue weighted by Gasteiger charge is 2.34. The van der Waals surface area contributed by atoms with Gasteiger partial charge in [0, 0.05) is 5.56 Å². The van der Waals surface area contributed by atoms with Crippen LogP contribution in [-0.2, 0) is 10.0 Å². The van der Waals surface area contributed by atoms with Crippen LogP contribution in [0.1, 0.15) is 29.9 Å². The van der Waals surface area contributed by atoms with Gasteiger partial charge in [-0.25, -0.2) is 12.8 Å². The van der Waals surface area contributed by atoms with Gasteiger partial charge in [0.2, 0.25) is 21.8 Å². The van der Waals surface area contributed by atoms with E-state index in [1.807, 2.05) is 0 Å². The van der Waals surface area contributed by atoms with Gasteiger partial charge >= 0.3 is 0 Å². The molecule has 0 radical (unpaired) electrons. The van der Waals surface area contributed by atoms with Crippen molar-refractivity contribution < 1.29 is 31.8 Å². The summed E-state index contributed by atoms with van der Waals surface area (Å²) in [5.41, 5.74) is 0.0451. The van der Waals surface area contributed by atoms with E-state index >= 15 is 0 Å². The quantitative estimate of drug-likeness (QED) is 0.323. The van der Waals surface area contributed by atoms with Gasteiger partial charge in [-0.1, -0.05) is 12.1 Å². The highest BCUT2D eigenvalue weighted by molar-refractivity contribution is 7.93. The van der Waals surface area contributed by atoms with Crippen LogP contribution >= 0.6 is 0 Å². The molecule has 2 N–H and O–H groups in total. The molecule has 2 heterocycles. The maximum Gasteiger partial charge on any atom is 0.243 e. The van der Waals surface area contributed by atoms with E-state index in [0.29, 0.717) is 23.0 Å². The third kappa shape index (κ3) is 4.91. The smallest absolute Gasteiger partial charge is 0.243 e. The lowest BCUT2D eigenvalue weighted by atomic mass is 10.0. The Morgan fingerprint density at radius 2 is 1.82 bits per heavy atom. The summed E-state index contributed by atoms with van der Waals surface area (Å²) in [6, 6.07) is 13.5. The molecule has 198 valence electrons. The number of nitriles is 1. The fraction of sp³-hybridized carbons (Fsp3) is 0.240. The lowest BCUT2D eigenvalue weighted by Gasteiger charge is -2.22. The molecule has 4 rings (SSSR count).